The summed E-state index contributed by atoms with van der Waals surface area (Å²) in [6.07, 6.45) is 2.31. The van der Waals surface area contributed by atoms with Crippen LogP contribution in [-0.4, -0.2) is 36.3 Å². The number of aliphatic hydroxyl groups excluding tert-OH is 1. The molecule has 94 valence electrons. The lowest BCUT2D eigenvalue weighted by atomic mass is 10.1. The Kier molecular flexibility index (Phi) is 5.42. The Morgan fingerprint density at radius 2 is 2.41 bits per heavy atom. The van der Waals surface area contributed by atoms with E-state index in [1.54, 1.807) is 18.3 Å². The molecule has 0 saturated carbocycles. The van der Waals surface area contributed by atoms with Crippen LogP contribution in [0.1, 0.15) is 23.8 Å². The zero-order valence-corrected chi connectivity index (χ0v) is 10.1. The lowest BCUT2D eigenvalue weighted by Crippen LogP contribution is -2.13. The second-order valence-electron chi connectivity index (χ2n) is 3.92. The maximum Gasteiger partial charge on any atom is 0.356 e. The summed E-state index contributed by atoms with van der Waals surface area (Å²) >= 11 is 0. The molecule has 0 fully saturated rings. The molecular formula is C12H18N2O3. The topological polar surface area (TPSA) is 71.5 Å². The molecule has 0 amide bonds. The van der Waals surface area contributed by atoms with Crippen LogP contribution in [0.5, 0.6) is 0 Å². The Hall–Kier alpha value is -1.62. The molecule has 2 N–H and O–H groups in total. The highest BCUT2D eigenvalue weighted by atomic mass is 16.5. The highest BCUT2D eigenvalue weighted by Gasteiger charge is 2.07. The largest absolute Gasteiger partial charge is 0.464 e. The van der Waals surface area contributed by atoms with E-state index in [2.05, 4.69) is 15.0 Å². The van der Waals surface area contributed by atoms with Crippen LogP contribution in [-0.2, 0) is 4.74 Å². The van der Waals surface area contributed by atoms with E-state index in [4.69, 9.17) is 5.11 Å². The van der Waals surface area contributed by atoms with Crippen molar-refractivity contribution in [1.29, 1.82) is 0 Å². The van der Waals surface area contributed by atoms with Gasteiger partial charge in [0.2, 0.25) is 0 Å². The van der Waals surface area contributed by atoms with Gasteiger partial charge in [0.1, 0.15) is 5.69 Å². The van der Waals surface area contributed by atoms with Crippen molar-refractivity contribution in [2.45, 2.75) is 13.3 Å². The van der Waals surface area contributed by atoms with E-state index in [-0.39, 0.29) is 12.3 Å². The van der Waals surface area contributed by atoms with Gasteiger partial charge in [0, 0.05) is 25.0 Å². The second-order valence-corrected chi connectivity index (χ2v) is 3.92. The SMILES string of the molecule is COC(=O)c1cc(NCC(C)CCO)ccn1. The number of hydrogen-bond acceptors (Lipinski definition) is 5. The highest BCUT2D eigenvalue weighted by Crippen LogP contribution is 2.10. The second kappa shape index (κ2) is 6.85. The fraction of sp³-hybridized carbons (Fsp3) is 0.500. The van der Waals surface area contributed by atoms with Gasteiger partial charge in [0.25, 0.3) is 0 Å². The maximum absolute atomic E-state index is 11.3. The van der Waals surface area contributed by atoms with Crippen LogP contribution in [0.3, 0.4) is 0 Å². The first kappa shape index (κ1) is 13.4. The van der Waals surface area contributed by atoms with E-state index in [9.17, 15) is 4.79 Å². The smallest absolute Gasteiger partial charge is 0.356 e. The van der Waals surface area contributed by atoms with Crippen molar-refractivity contribution in [3.8, 4) is 0 Å². The van der Waals surface area contributed by atoms with Crippen LogP contribution in [0, 0.1) is 5.92 Å². The van der Waals surface area contributed by atoms with Gasteiger partial charge in [-0.15, -0.1) is 0 Å². The van der Waals surface area contributed by atoms with E-state index >= 15 is 0 Å². The maximum atomic E-state index is 11.3. The number of pyridine rings is 1. The quantitative estimate of drug-likeness (QED) is 0.731. The molecule has 1 atom stereocenters. The number of aromatic nitrogens is 1. The van der Waals surface area contributed by atoms with Gasteiger partial charge in [0.15, 0.2) is 0 Å². The molecule has 5 nitrogen and oxygen atoms in total. The predicted octanol–water partition coefficient (Wildman–Crippen LogP) is 1.30. The van der Waals surface area contributed by atoms with Crippen molar-refractivity contribution in [2.24, 2.45) is 5.92 Å². The van der Waals surface area contributed by atoms with Crippen molar-refractivity contribution in [2.75, 3.05) is 25.6 Å². The van der Waals surface area contributed by atoms with Crippen LogP contribution < -0.4 is 5.32 Å². The number of nitrogens with zero attached hydrogens (tertiary/aromatic N) is 1. The molecule has 0 aliphatic carbocycles. The summed E-state index contributed by atoms with van der Waals surface area (Å²) in [6, 6.07) is 3.44. The van der Waals surface area contributed by atoms with Gasteiger partial charge in [-0.05, 0) is 24.5 Å². The third-order valence-electron chi connectivity index (χ3n) is 2.43. The summed E-state index contributed by atoms with van der Waals surface area (Å²) in [5.74, 6) is -0.0770. The average Bonchev–Trinajstić information content (AvgIpc) is 2.36. The summed E-state index contributed by atoms with van der Waals surface area (Å²) in [4.78, 5) is 15.2. The number of carbonyl (C=O) groups excluding carboxylic acids is 1. The van der Waals surface area contributed by atoms with Crippen LogP contribution in [0.15, 0.2) is 18.3 Å². The van der Waals surface area contributed by atoms with Crippen molar-refractivity contribution >= 4 is 11.7 Å². The summed E-state index contributed by atoms with van der Waals surface area (Å²) in [5.41, 5.74) is 1.11. The van der Waals surface area contributed by atoms with Crippen LogP contribution in [0.2, 0.25) is 0 Å². The first-order chi connectivity index (χ1) is 8.17. The number of methoxy groups -OCH3 is 1. The third-order valence-corrected chi connectivity index (χ3v) is 2.43. The lowest BCUT2D eigenvalue weighted by molar-refractivity contribution is 0.0594. The molecule has 1 unspecified atom stereocenters. The molecule has 0 saturated heterocycles. The minimum absolute atomic E-state index is 0.187. The van der Waals surface area contributed by atoms with E-state index in [0.717, 1.165) is 18.7 Å². The van der Waals surface area contributed by atoms with Crippen molar-refractivity contribution < 1.29 is 14.6 Å². The Bertz CT molecular complexity index is 369. The highest BCUT2D eigenvalue weighted by molar-refractivity contribution is 5.88. The predicted molar refractivity (Wildman–Crippen MR) is 64.9 cm³/mol. The van der Waals surface area contributed by atoms with Crippen molar-refractivity contribution in [3.63, 3.8) is 0 Å². The van der Waals surface area contributed by atoms with Gasteiger partial charge in [-0.2, -0.15) is 0 Å². The van der Waals surface area contributed by atoms with E-state index in [0.29, 0.717) is 5.92 Å². The summed E-state index contributed by atoms with van der Waals surface area (Å²) in [6.45, 7) is 2.98. The molecule has 1 aromatic rings. The fourth-order valence-corrected chi connectivity index (χ4v) is 1.37. The number of anilines is 1. The number of ether oxygens (including phenoxy) is 1. The van der Waals surface area contributed by atoms with Gasteiger partial charge in [-0.1, -0.05) is 6.92 Å². The first-order valence-electron chi connectivity index (χ1n) is 5.56. The van der Waals surface area contributed by atoms with E-state index < -0.39 is 5.97 Å². The Balaban J connectivity index is 2.57. The number of rotatable bonds is 6. The number of carbonyl (C=O) groups is 1. The normalized spacial score (nSPS) is 11.9. The molecule has 0 aliphatic rings. The van der Waals surface area contributed by atoms with Gasteiger partial charge >= 0.3 is 5.97 Å². The minimum atomic E-state index is -0.447. The van der Waals surface area contributed by atoms with Gasteiger partial charge in [0.05, 0.1) is 7.11 Å². The number of esters is 1. The summed E-state index contributed by atoms with van der Waals surface area (Å²) in [5, 5.41) is 12.0. The first-order valence-corrected chi connectivity index (χ1v) is 5.56. The molecule has 0 radical (unpaired) electrons. The number of nitrogens with one attached hydrogen (secondary N) is 1. The van der Waals surface area contributed by atoms with Crippen LogP contribution in [0.4, 0.5) is 5.69 Å². The Morgan fingerprint density at radius 3 is 3.06 bits per heavy atom. The lowest BCUT2D eigenvalue weighted by Gasteiger charge is -2.12. The van der Waals surface area contributed by atoms with E-state index in [1.165, 1.54) is 7.11 Å². The minimum Gasteiger partial charge on any atom is -0.464 e. The van der Waals surface area contributed by atoms with E-state index in [1.807, 2.05) is 6.92 Å². The fourth-order valence-electron chi connectivity index (χ4n) is 1.37. The zero-order valence-electron chi connectivity index (χ0n) is 10.1. The van der Waals surface area contributed by atoms with Crippen molar-refractivity contribution in [3.05, 3.63) is 24.0 Å². The zero-order chi connectivity index (χ0) is 12.7. The molecular weight excluding hydrogens is 220 g/mol. The monoisotopic (exact) mass is 238 g/mol. The standard InChI is InChI=1S/C12H18N2O3/c1-9(4-6-15)8-14-10-3-5-13-11(7-10)12(16)17-2/h3,5,7,9,15H,4,6,8H2,1-2H3,(H,13,14). The summed E-state index contributed by atoms with van der Waals surface area (Å²) in [7, 11) is 1.33. The van der Waals surface area contributed by atoms with Gasteiger partial charge in [-0.25, -0.2) is 9.78 Å². The molecule has 0 aromatic carbocycles. The Morgan fingerprint density at radius 1 is 1.65 bits per heavy atom. The third kappa shape index (κ3) is 4.40. The van der Waals surface area contributed by atoms with Crippen LogP contribution >= 0.6 is 0 Å². The average molecular weight is 238 g/mol. The molecule has 1 rings (SSSR count). The van der Waals surface area contributed by atoms with Gasteiger partial charge < -0.3 is 15.2 Å². The molecule has 0 bridgehead atoms. The molecule has 17 heavy (non-hydrogen) atoms. The summed E-state index contributed by atoms with van der Waals surface area (Å²) < 4.78 is 4.59. The Labute approximate surface area is 101 Å². The van der Waals surface area contributed by atoms with Crippen molar-refractivity contribution in [1.82, 2.24) is 4.98 Å². The molecule has 5 heteroatoms. The molecule has 1 aromatic heterocycles. The number of hydrogen-bond donors (Lipinski definition) is 2. The molecule has 0 spiro atoms. The molecule has 1 heterocycles. The van der Waals surface area contributed by atoms with Gasteiger partial charge in [-0.3, -0.25) is 0 Å². The number of aliphatic hydroxyl groups is 1. The van der Waals surface area contributed by atoms with Crippen LogP contribution in [0.25, 0.3) is 0 Å². The molecule has 0 aliphatic heterocycles.